The van der Waals surface area contributed by atoms with Crippen molar-refractivity contribution in [2.75, 3.05) is 18.8 Å². The second-order valence-electron chi connectivity index (χ2n) is 7.39. The molecule has 0 aliphatic carbocycles. The van der Waals surface area contributed by atoms with Gasteiger partial charge >= 0.3 is 0 Å². The molecule has 6 heteroatoms. The first-order chi connectivity index (χ1) is 14.3. The molecular weight excluding hydrogens is 378 g/mol. The first kappa shape index (κ1) is 19.8. The van der Waals surface area contributed by atoms with E-state index in [2.05, 4.69) is 75.3 Å². The molecule has 5 nitrogen and oxygen atoms in total. The summed E-state index contributed by atoms with van der Waals surface area (Å²) in [5, 5.41) is 7.57. The van der Waals surface area contributed by atoms with Gasteiger partial charge in [-0.1, -0.05) is 36.4 Å². The fourth-order valence-electron chi connectivity index (χ4n) is 3.61. The molecule has 1 aliphatic heterocycles. The van der Waals surface area contributed by atoms with Crippen LogP contribution in [0.5, 0.6) is 0 Å². The van der Waals surface area contributed by atoms with Gasteiger partial charge in [0.2, 0.25) is 0 Å². The minimum atomic E-state index is 0.682. The quantitative estimate of drug-likeness (QED) is 0.459. The molecule has 0 bridgehead atoms. The highest BCUT2D eigenvalue weighted by atomic mass is 32.2. The van der Waals surface area contributed by atoms with Crippen LogP contribution >= 0.6 is 11.8 Å². The molecule has 29 heavy (non-hydrogen) atoms. The first-order valence-corrected chi connectivity index (χ1v) is 11.5. The topological polar surface area (TPSA) is 54.2 Å². The Morgan fingerprint density at radius 2 is 1.97 bits per heavy atom. The van der Waals surface area contributed by atoms with E-state index in [-0.39, 0.29) is 0 Å². The number of benzene rings is 2. The summed E-state index contributed by atoms with van der Waals surface area (Å²) in [6.45, 7) is 5.49. The Kier molecular flexibility index (Phi) is 6.72. The second kappa shape index (κ2) is 9.83. The number of aromatic nitrogens is 2. The van der Waals surface area contributed by atoms with Crippen LogP contribution < -0.4 is 10.6 Å². The van der Waals surface area contributed by atoms with Crippen molar-refractivity contribution in [2.24, 2.45) is 4.99 Å². The van der Waals surface area contributed by atoms with E-state index in [1.54, 1.807) is 0 Å². The van der Waals surface area contributed by atoms with Gasteiger partial charge in [-0.05, 0) is 48.8 Å². The Hall–Kier alpha value is -2.47. The number of fused-ring (bicyclic) bond motifs is 1. The SMILES string of the molecule is CCNC(=NCc1ccc(Cn2cnc3ccccc32)cc1)NCC1CCCS1. The molecule has 3 aromatic rings. The van der Waals surface area contributed by atoms with E-state index < -0.39 is 0 Å². The monoisotopic (exact) mass is 407 g/mol. The van der Waals surface area contributed by atoms with Gasteiger partial charge in [0.15, 0.2) is 5.96 Å². The molecule has 152 valence electrons. The van der Waals surface area contributed by atoms with Crippen molar-refractivity contribution in [1.82, 2.24) is 20.2 Å². The number of hydrogen-bond acceptors (Lipinski definition) is 3. The van der Waals surface area contributed by atoms with Gasteiger partial charge in [0.25, 0.3) is 0 Å². The van der Waals surface area contributed by atoms with E-state index in [4.69, 9.17) is 4.99 Å². The van der Waals surface area contributed by atoms with E-state index >= 15 is 0 Å². The molecule has 2 aromatic carbocycles. The molecule has 0 amide bonds. The number of nitrogens with zero attached hydrogens (tertiary/aromatic N) is 3. The molecular formula is C23H29N5S. The van der Waals surface area contributed by atoms with Crippen molar-refractivity contribution < 1.29 is 0 Å². The second-order valence-corrected chi connectivity index (χ2v) is 8.80. The van der Waals surface area contributed by atoms with Crippen LogP contribution in [0.4, 0.5) is 0 Å². The van der Waals surface area contributed by atoms with E-state index in [9.17, 15) is 0 Å². The number of thioether (sulfide) groups is 1. The van der Waals surface area contributed by atoms with Crippen LogP contribution in [-0.4, -0.2) is 39.6 Å². The lowest BCUT2D eigenvalue weighted by molar-refractivity contribution is 0.727. The van der Waals surface area contributed by atoms with Crippen LogP contribution in [0.2, 0.25) is 0 Å². The summed E-state index contributed by atoms with van der Waals surface area (Å²) in [5.74, 6) is 2.20. The molecule has 0 saturated carbocycles. The van der Waals surface area contributed by atoms with Gasteiger partial charge in [0.1, 0.15) is 0 Å². The highest BCUT2D eigenvalue weighted by molar-refractivity contribution is 8.00. The van der Waals surface area contributed by atoms with E-state index in [1.807, 2.05) is 18.5 Å². The molecule has 0 radical (unpaired) electrons. The molecule has 2 N–H and O–H groups in total. The number of para-hydroxylation sites is 2. The Labute approximate surface area is 177 Å². The van der Waals surface area contributed by atoms with E-state index in [1.165, 1.54) is 35.2 Å². The van der Waals surface area contributed by atoms with Crippen molar-refractivity contribution in [3.63, 3.8) is 0 Å². The van der Waals surface area contributed by atoms with Gasteiger partial charge < -0.3 is 15.2 Å². The zero-order valence-electron chi connectivity index (χ0n) is 17.0. The summed E-state index contributed by atoms with van der Waals surface area (Å²) >= 11 is 2.07. The highest BCUT2D eigenvalue weighted by Crippen LogP contribution is 2.25. The Balaban J connectivity index is 1.35. The van der Waals surface area contributed by atoms with Crippen LogP contribution in [0.1, 0.15) is 30.9 Å². The number of guanidine groups is 1. The smallest absolute Gasteiger partial charge is 0.191 e. The standard InChI is InChI=1S/C23H29N5S/c1-2-24-23(26-15-20-6-5-13-29-20)25-14-18-9-11-19(12-10-18)16-28-17-27-21-7-3-4-8-22(21)28/h3-4,7-12,17,20H,2,5-6,13-16H2,1H3,(H2,24,25,26). The van der Waals surface area contributed by atoms with Crippen LogP contribution in [0.15, 0.2) is 59.9 Å². The fraction of sp³-hybridized carbons (Fsp3) is 0.391. The summed E-state index contributed by atoms with van der Waals surface area (Å²) in [6, 6.07) is 17.0. The minimum absolute atomic E-state index is 0.682. The molecule has 4 rings (SSSR count). The maximum absolute atomic E-state index is 4.76. The van der Waals surface area contributed by atoms with Crippen molar-refractivity contribution in [1.29, 1.82) is 0 Å². The van der Waals surface area contributed by atoms with Gasteiger partial charge in [-0.15, -0.1) is 0 Å². The fourth-order valence-corrected chi connectivity index (χ4v) is 4.81. The largest absolute Gasteiger partial charge is 0.357 e. The molecule has 1 atom stereocenters. The van der Waals surface area contributed by atoms with E-state index in [0.717, 1.165) is 36.4 Å². The summed E-state index contributed by atoms with van der Waals surface area (Å²) < 4.78 is 2.19. The molecule has 2 heterocycles. The number of aliphatic imine (C=N–C) groups is 1. The van der Waals surface area contributed by atoms with Gasteiger partial charge in [0, 0.05) is 24.9 Å². The molecule has 1 fully saturated rings. The van der Waals surface area contributed by atoms with Crippen LogP contribution in [0, 0.1) is 0 Å². The zero-order valence-corrected chi connectivity index (χ0v) is 17.8. The van der Waals surface area contributed by atoms with Gasteiger partial charge in [-0.25, -0.2) is 9.98 Å². The van der Waals surface area contributed by atoms with Crippen molar-refractivity contribution in [2.45, 2.75) is 38.1 Å². The summed E-state index contributed by atoms with van der Waals surface area (Å²) in [7, 11) is 0. The average molecular weight is 408 g/mol. The number of hydrogen-bond donors (Lipinski definition) is 2. The Morgan fingerprint density at radius 3 is 2.76 bits per heavy atom. The maximum Gasteiger partial charge on any atom is 0.191 e. The number of nitrogens with one attached hydrogen (secondary N) is 2. The molecule has 1 aromatic heterocycles. The summed E-state index contributed by atoms with van der Waals surface area (Å²) in [6.07, 6.45) is 4.57. The Morgan fingerprint density at radius 1 is 1.14 bits per heavy atom. The first-order valence-electron chi connectivity index (χ1n) is 10.4. The summed E-state index contributed by atoms with van der Waals surface area (Å²) in [5.41, 5.74) is 4.70. The lowest BCUT2D eigenvalue weighted by Gasteiger charge is -2.14. The van der Waals surface area contributed by atoms with Gasteiger partial charge in [-0.2, -0.15) is 11.8 Å². The van der Waals surface area contributed by atoms with Crippen LogP contribution in [-0.2, 0) is 13.1 Å². The number of rotatable bonds is 7. The predicted octanol–water partition coefficient (Wildman–Crippen LogP) is 4.04. The normalized spacial score (nSPS) is 17.0. The van der Waals surface area contributed by atoms with Crippen LogP contribution in [0.3, 0.4) is 0 Å². The molecule has 1 unspecified atom stereocenters. The minimum Gasteiger partial charge on any atom is -0.357 e. The Bertz CT molecular complexity index is 941. The highest BCUT2D eigenvalue weighted by Gasteiger charge is 2.15. The molecule has 0 spiro atoms. The van der Waals surface area contributed by atoms with Gasteiger partial charge in [0.05, 0.1) is 23.9 Å². The van der Waals surface area contributed by atoms with Crippen LogP contribution in [0.25, 0.3) is 11.0 Å². The van der Waals surface area contributed by atoms with Gasteiger partial charge in [-0.3, -0.25) is 0 Å². The third-order valence-corrected chi connectivity index (χ3v) is 6.59. The average Bonchev–Trinajstić information content (AvgIpc) is 3.42. The lowest BCUT2D eigenvalue weighted by atomic mass is 10.1. The third kappa shape index (κ3) is 5.32. The van der Waals surface area contributed by atoms with E-state index in [0.29, 0.717) is 6.54 Å². The summed E-state index contributed by atoms with van der Waals surface area (Å²) in [4.78, 5) is 9.24. The third-order valence-electron chi connectivity index (χ3n) is 5.19. The maximum atomic E-state index is 4.76. The predicted molar refractivity (Wildman–Crippen MR) is 124 cm³/mol. The van der Waals surface area contributed by atoms with Crippen molar-refractivity contribution in [3.8, 4) is 0 Å². The molecule has 1 saturated heterocycles. The van der Waals surface area contributed by atoms with Crippen molar-refractivity contribution >= 4 is 28.8 Å². The number of imidazole rings is 1. The lowest BCUT2D eigenvalue weighted by Crippen LogP contribution is -2.40. The zero-order chi connectivity index (χ0) is 19.9. The van der Waals surface area contributed by atoms with Crippen molar-refractivity contribution in [3.05, 3.63) is 66.0 Å². The molecule has 1 aliphatic rings.